The fourth-order valence-corrected chi connectivity index (χ4v) is 0.939. The average Bonchev–Trinajstić information content (AvgIpc) is 2.64. The second kappa shape index (κ2) is 6.19. The molecule has 1 fully saturated rings. The highest BCUT2D eigenvalue weighted by Crippen LogP contribution is 1.98. The Labute approximate surface area is 67.8 Å². The van der Waals surface area contributed by atoms with Crippen molar-refractivity contribution in [1.82, 2.24) is 10.6 Å². The first-order valence-corrected chi connectivity index (χ1v) is 4.17. The minimum absolute atomic E-state index is 0.913. The van der Waals surface area contributed by atoms with Crippen LogP contribution in [0.15, 0.2) is 12.3 Å². The number of hydrogen-bond donors (Lipinski definition) is 2. The van der Waals surface area contributed by atoms with Crippen molar-refractivity contribution >= 4 is 0 Å². The van der Waals surface area contributed by atoms with Gasteiger partial charge in [0.15, 0.2) is 0 Å². The molecule has 0 spiro atoms. The molecule has 0 aliphatic carbocycles. The lowest BCUT2D eigenvalue weighted by Gasteiger charge is -2.05. The largest absolute Gasteiger partial charge is 0.381 e. The molecule has 11 heavy (non-hydrogen) atoms. The van der Waals surface area contributed by atoms with Gasteiger partial charge in [-0.3, -0.25) is 5.32 Å². The summed E-state index contributed by atoms with van der Waals surface area (Å²) in [6.45, 7) is 3.92. The Hall–Kier alpha value is -0.540. The minimum atomic E-state index is 0.913. The van der Waals surface area contributed by atoms with Crippen molar-refractivity contribution in [2.75, 3.05) is 26.4 Å². The third-order valence-electron chi connectivity index (χ3n) is 1.55. The van der Waals surface area contributed by atoms with Gasteiger partial charge in [-0.15, -0.1) is 0 Å². The number of ether oxygens (including phenoxy) is 1. The lowest BCUT2D eigenvalue weighted by Crippen LogP contribution is -2.29. The maximum atomic E-state index is 4.94. The van der Waals surface area contributed by atoms with Crippen molar-refractivity contribution < 1.29 is 4.74 Å². The van der Waals surface area contributed by atoms with Crippen LogP contribution in [0.4, 0.5) is 0 Å². The highest BCUT2D eigenvalue weighted by molar-refractivity contribution is 4.84. The number of nitrogens with one attached hydrogen (secondary N) is 2. The Balaban J connectivity index is 0.000000112. The Kier molecular flexibility index (Phi) is 4.81. The van der Waals surface area contributed by atoms with Gasteiger partial charge in [-0.25, -0.2) is 0 Å². The summed E-state index contributed by atoms with van der Waals surface area (Å²) in [7, 11) is 0. The molecule has 2 rings (SSSR count). The molecular weight excluding hydrogens is 140 g/mol. The zero-order valence-electron chi connectivity index (χ0n) is 6.81. The molecule has 2 N–H and O–H groups in total. The van der Waals surface area contributed by atoms with Crippen LogP contribution in [-0.2, 0) is 4.74 Å². The van der Waals surface area contributed by atoms with Crippen molar-refractivity contribution in [3.63, 3.8) is 0 Å². The summed E-state index contributed by atoms with van der Waals surface area (Å²) in [5.41, 5.74) is 0. The summed E-state index contributed by atoms with van der Waals surface area (Å²) in [6, 6.07) is 0. The van der Waals surface area contributed by atoms with Gasteiger partial charge in [0.25, 0.3) is 0 Å². The summed E-state index contributed by atoms with van der Waals surface area (Å²) < 4.78 is 4.94. The summed E-state index contributed by atoms with van der Waals surface area (Å²) in [6.07, 6.45) is 6.56. The summed E-state index contributed by atoms with van der Waals surface area (Å²) in [5.74, 6) is 0. The van der Waals surface area contributed by atoms with Crippen LogP contribution in [0.5, 0.6) is 0 Å². The van der Waals surface area contributed by atoms with Gasteiger partial charge in [0.2, 0.25) is 0 Å². The third kappa shape index (κ3) is 4.81. The predicted octanol–water partition coefficient (Wildman–Crippen LogP) is 0.447. The number of rotatable bonds is 0. The van der Waals surface area contributed by atoms with Crippen molar-refractivity contribution in [3.05, 3.63) is 12.3 Å². The van der Waals surface area contributed by atoms with E-state index in [1.165, 1.54) is 12.8 Å². The van der Waals surface area contributed by atoms with E-state index in [1.54, 1.807) is 0 Å². The van der Waals surface area contributed by atoms with E-state index in [9.17, 15) is 0 Å². The van der Waals surface area contributed by atoms with Crippen LogP contribution in [0, 0.1) is 0 Å². The Morgan fingerprint density at radius 1 is 1.18 bits per heavy atom. The molecule has 0 aromatic carbocycles. The van der Waals surface area contributed by atoms with Gasteiger partial charge in [0.05, 0.1) is 6.67 Å². The van der Waals surface area contributed by atoms with E-state index in [0.717, 1.165) is 26.4 Å². The second-order valence-corrected chi connectivity index (χ2v) is 2.56. The molecular formula is C8H16N2O. The van der Waals surface area contributed by atoms with Gasteiger partial charge >= 0.3 is 0 Å². The lowest BCUT2D eigenvalue weighted by molar-refractivity contribution is 0.198. The van der Waals surface area contributed by atoms with E-state index in [2.05, 4.69) is 10.6 Å². The fraction of sp³-hybridized carbons (Fsp3) is 0.750. The highest BCUT2D eigenvalue weighted by Gasteiger charge is 1.94. The van der Waals surface area contributed by atoms with Gasteiger partial charge in [0, 0.05) is 19.8 Å². The predicted molar refractivity (Wildman–Crippen MR) is 45.2 cm³/mol. The Morgan fingerprint density at radius 3 is 2.18 bits per heavy atom. The maximum absolute atomic E-state index is 4.94. The molecule has 0 unspecified atom stereocenters. The molecule has 0 aromatic heterocycles. The van der Waals surface area contributed by atoms with Crippen LogP contribution in [0.1, 0.15) is 12.8 Å². The molecule has 0 radical (unpaired) electrons. The second-order valence-electron chi connectivity index (χ2n) is 2.56. The third-order valence-corrected chi connectivity index (χ3v) is 1.55. The fourth-order valence-electron chi connectivity index (χ4n) is 0.939. The Bertz CT molecular complexity index is 95.1. The molecule has 0 atom stereocenters. The molecule has 0 aromatic rings. The summed E-state index contributed by atoms with van der Waals surface area (Å²) in [5, 5.41) is 6.08. The summed E-state index contributed by atoms with van der Waals surface area (Å²) in [4.78, 5) is 0. The topological polar surface area (TPSA) is 33.3 Å². The molecule has 2 heterocycles. The summed E-state index contributed by atoms with van der Waals surface area (Å²) >= 11 is 0. The standard InChI is InChI=1S/C4H8N2.C4H8O/c1-2-5-4-6-3-1;1-2-4-5-3-1/h1-2,5-6H,3-4H2;1-4H2. The molecule has 1 saturated heterocycles. The molecule has 0 amide bonds. The molecule has 0 saturated carbocycles. The molecule has 64 valence electrons. The van der Waals surface area contributed by atoms with Gasteiger partial charge in [-0.1, -0.05) is 6.08 Å². The molecule has 3 nitrogen and oxygen atoms in total. The first-order chi connectivity index (χ1) is 5.50. The first-order valence-electron chi connectivity index (χ1n) is 4.17. The maximum Gasteiger partial charge on any atom is 0.0650 e. The van der Waals surface area contributed by atoms with E-state index >= 15 is 0 Å². The monoisotopic (exact) mass is 156 g/mol. The smallest absolute Gasteiger partial charge is 0.0650 e. The van der Waals surface area contributed by atoms with Crippen molar-refractivity contribution in [1.29, 1.82) is 0 Å². The van der Waals surface area contributed by atoms with Gasteiger partial charge in [-0.05, 0) is 19.0 Å². The van der Waals surface area contributed by atoms with Gasteiger partial charge in [-0.2, -0.15) is 0 Å². The normalized spacial score (nSPS) is 21.8. The van der Waals surface area contributed by atoms with Gasteiger partial charge in [0.1, 0.15) is 0 Å². The molecule has 2 aliphatic heterocycles. The SMILES string of the molecule is C1=CNCNC1.C1CCOC1. The van der Waals surface area contributed by atoms with Crippen LogP contribution in [-0.4, -0.2) is 26.4 Å². The van der Waals surface area contributed by atoms with E-state index in [1.807, 2.05) is 12.3 Å². The van der Waals surface area contributed by atoms with E-state index in [-0.39, 0.29) is 0 Å². The van der Waals surface area contributed by atoms with E-state index in [0.29, 0.717) is 0 Å². The van der Waals surface area contributed by atoms with Crippen molar-refractivity contribution in [3.8, 4) is 0 Å². The van der Waals surface area contributed by atoms with E-state index in [4.69, 9.17) is 4.74 Å². The van der Waals surface area contributed by atoms with E-state index < -0.39 is 0 Å². The molecule has 3 heteroatoms. The van der Waals surface area contributed by atoms with Crippen LogP contribution in [0.2, 0.25) is 0 Å². The van der Waals surface area contributed by atoms with Crippen molar-refractivity contribution in [2.45, 2.75) is 12.8 Å². The molecule has 0 bridgehead atoms. The van der Waals surface area contributed by atoms with Crippen LogP contribution < -0.4 is 10.6 Å². The quantitative estimate of drug-likeness (QED) is 0.534. The van der Waals surface area contributed by atoms with Crippen LogP contribution in [0.25, 0.3) is 0 Å². The minimum Gasteiger partial charge on any atom is -0.381 e. The molecule has 2 aliphatic rings. The van der Waals surface area contributed by atoms with Crippen LogP contribution in [0.3, 0.4) is 0 Å². The lowest BCUT2D eigenvalue weighted by atomic mass is 10.4. The van der Waals surface area contributed by atoms with Gasteiger partial charge < -0.3 is 10.1 Å². The Morgan fingerprint density at radius 2 is 2.00 bits per heavy atom. The van der Waals surface area contributed by atoms with Crippen molar-refractivity contribution in [2.24, 2.45) is 0 Å². The van der Waals surface area contributed by atoms with Crippen LogP contribution >= 0.6 is 0 Å². The average molecular weight is 156 g/mol. The number of hydrogen-bond acceptors (Lipinski definition) is 3. The first kappa shape index (κ1) is 8.56. The zero-order valence-corrected chi connectivity index (χ0v) is 6.81. The zero-order chi connectivity index (χ0) is 7.78. The highest BCUT2D eigenvalue weighted by atomic mass is 16.5.